The van der Waals surface area contributed by atoms with Crippen molar-refractivity contribution in [2.24, 2.45) is 0 Å². The van der Waals surface area contributed by atoms with Crippen LogP contribution in [0, 0.1) is 5.82 Å². The van der Waals surface area contributed by atoms with Crippen molar-refractivity contribution < 1.29 is 9.18 Å². The van der Waals surface area contributed by atoms with Crippen LogP contribution in [0.5, 0.6) is 0 Å². The summed E-state index contributed by atoms with van der Waals surface area (Å²) in [5.41, 5.74) is 4.00. The fourth-order valence-electron chi connectivity index (χ4n) is 3.31. The zero-order valence-electron chi connectivity index (χ0n) is 13.1. The van der Waals surface area contributed by atoms with Crippen LogP contribution in [-0.2, 0) is 4.79 Å². The number of hydrogen-bond acceptors (Lipinski definition) is 1. The predicted octanol–water partition coefficient (Wildman–Crippen LogP) is 5.12. The van der Waals surface area contributed by atoms with Gasteiger partial charge in [-0.05, 0) is 68.4 Å². The van der Waals surface area contributed by atoms with Crippen molar-refractivity contribution >= 4 is 11.6 Å². The zero-order chi connectivity index (χ0) is 15.5. The van der Waals surface area contributed by atoms with Gasteiger partial charge in [0.05, 0.1) is 0 Å². The molecule has 2 aliphatic rings. The van der Waals surface area contributed by atoms with Crippen LogP contribution in [0.2, 0.25) is 0 Å². The lowest BCUT2D eigenvalue weighted by molar-refractivity contribution is -0.114. The number of carbonyl (C=O) groups excluding carboxylic acids is 1. The van der Waals surface area contributed by atoms with Crippen LogP contribution in [-0.4, -0.2) is 5.91 Å². The van der Waals surface area contributed by atoms with E-state index in [0.29, 0.717) is 0 Å². The fourth-order valence-corrected chi connectivity index (χ4v) is 3.31. The molecule has 116 valence electrons. The molecule has 0 bridgehead atoms. The van der Waals surface area contributed by atoms with Crippen LogP contribution in [0.25, 0.3) is 0 Å². The average molecular weight is 299 g/mol. The molecule has 0 N–H and O–H groups in total. The first-order valence-electron chi connectivity index (χ1n) is 8.25. The Morgan fingerprint density at radius 1 is 1.14 bits per heavy atom. The summed E-state index contributed by atoms with van der Waals surface area (Å²) < 4.78 is 13.2. The minimum Gasteiger partial charge on any atom is -0.277 e. The van der Waals surface area contributed by atoms with Gasteiger partial charge < -0.3 is 0 Å². The number of hydrogen-bond donors (Lipinski definition) is 0. The van der Waals surface area contributed by atoms with Gasteiger partial charge in [0.2, 0.25) is 0 Å². The zero-order valence-corrected chi connectivity index (χ0v) is 13.1. The Morgan fingerprint density at radius 3 is 2.50 bits per heavy atom. The van der Waals surface area contributed by atoms with Gasteiger partial charge in [-0.15, -0.1) is 0 Å². The van der Waals surface area contributed by atoms with Gasteiger partial charge in [-0.2, -0.15) is 0 Å². The molecule has 2 nitrogen and oxygen atoms in total. The Bertz CT molecular complexity index is 627. The molecule has 1 heterocycles. The summed E-state index contributed by atoms with van der Waals surface area (Å²) in [4.78, 5) is 14.6. The summed E-state index contributed by atoms with van der Waals surface area (Å²) in [5.74, 6) is -0.186. The third-order valence-electron chi connectivity index (χ3n) is 4.46. The van der Waals surface area contributed by atoms with E-state index >= 15 is 0 Å². The van der Waals surface area contributed by atoms with Crippen molar-refractivity contribution in [3.05, 3.63) is 53.0 Å². The van der Waals surface area contributed by atoms with Gasteiger partial charge >= 0.3 is 0 Å². The Morgan fingerprint density at radius 2 is 1.82 bits per heavy atom. The molecule has 0 spiro atoms. The van der Waals surface area contributed by atoms with E-state index in [4.69, 9.17) is 0 Å². The molecule has 0 aromatic heterocycles. The van der Waals surface area contributed by atoms with E-state index in [1.165, 1.54) is 17.7 Å². The van der Waals surface area contributed by atoms with Crippen LogP contribution in [0.4, 0.5) is 10.1 Å². The molecule has 1 amide bonds. The smallest absolute Gasteiger partial charge is 0.259 e. The number of halogens is 1. The number of carbonyl (C=O) groups is 1. The van der Waals surface area contributed by atoms with Crippen molar-refractivity contribution in [2.45, 2.75) is 51.9 Å². The summed E-state index contributed by atoms with van der Waals surface area (Å²) in [6.07, 6.45) is 9.52. The van der Waals surface area contributed by atoms with Gasteiger partial charge in [-0.1, -0.05) is 19.4 Å². The number of nitrogens with zero attached hydrogens (tertiary/aromatic N) is 1. The van der Waals surface area contributed by atoms with Gasteiger partial charge in [0.1, 0.15) is 5.82 Å². The van der Waals surface area contributed by atoms with Crippen molar-refractivity contribution in [2.75, 3.05) is 4.90 Å². The van der Waals surface area contributed by atoms with E-state index in [1.807, 2.05) is 0 Å². The first-order valence-corrected chi connectivity index (χ1v) is 8.25. The van der Waals surface area contributed by atoms with Gasteiger partial charge in [-0.25, -0.2) is 4.39 Å². The summed E-state index contributed by atoms with van der Waals surface area (Å²) in [5, 5.41) is 0. The minimum atomic E-state index is -0.273. The monoisotopic (exact) mass is 299 g/mol. The highest BCUT2D eigenvalue weighted by Crippen LogP contribution is 2.41. The Kier molecular flexibility index (Phi) is 4.41. The van der Waals surface area contributed by atoms with Crippen LogP contribution in [0.15, 0.2) is 47.2 Å². The molecule has 1 aliphatic carbocycles. The molecule has 1 aromatic carbocycles. The number of anilines is 1. The van der Waals surface area contributed by atoms with Crippen LogP contribution < -0.4 is 4.90 Å². The first kappa shape index (κ1) is 15.0. The lowest BCUT2D eigenvalue weighted by Crippen LogP contribution is -2.25. The number of allylic oxidation sites excluding steroid dienone is 2. The molecule has 0 radical (unpaired) electrons. The third-order valence-corrected chi connectivity index (χ3v) is 4.46. The Hall–Kier alpha value is -1.90. The van der Waals surface area contributed by atoms with Gasteiger partial charge in [0, 0.05) is 17.0 Å². The Labute approximate surface area is 131 Å². The van der Waals surface area contributed by atoms with Gasteiger partial charge in [0.25, 0.3) is 5.91 Å². The molecular weight excluding hydrogens is 277 g/mol. The first-order chi connectivity index (χ1) is 10.7. The summed E-state index contributed by atoms with van der Waals surface area (Å²) in [6.45, 7) is 2.17. The van der Waals surface area contributed by atoms with E-state index in [0.717, 1.165) is 61.9 Å². The molecule has 3 heteroatoms. The predicted molar refractivity (Wildman–Crippen MR) is 87.0 cm³/mol. The highest BCUT2D eigenvalue weighted by molar-refractivity contribution is 6.13. The van der Waals surface area contributed by atoms with E-state index in [9.17, 15) is 9.18 Å². The van der Waals surface area contributed by atoms with Gasteiger partial charge in [-0.3, -0.25) is 9.69 Å². The molecule has 0 saturated carbocycles. The molecule has 22 heavy (non-hydrogen) atoms. The SMILES string of the molecule is CCCC/C=C1/C2=C(CCCC2)C(=O)N1c1ccc(F)cc1. The van der Waals surface area contributed by atoms with Crippen molar-refractivity contribution in [1.82, 2.24) is 0 Å². The number of benzene rings is 1. The van der Waals surface area contributed by atoms with Crippen molar-refractivity contribution in [1.29, 1.82) is 0 Å². The molecule has 0 atom stereocenters. The van der Waals surface area contributed by atoms with Gasteiger partial charge in [0.15, 0.2) is 0 Å². The summed E-state index contributed by atoms with van der Waals surface area (Å²) in [6, 6.07) is 6.23. The van der Waals surface area contributed by atoms with Crippen LogP contribution in [0.3, 0.4) is 0 Å². The standard InChI is InChI=1S/C19H22FNO/c1-2-3-4-9-18-16-7-5-6-8-17(16)19(22)21(18)15-12-10-14(20)11-13-15/h9-13H,2-8H2,1H3/b18-9-. The van der Waals surface area contributed by atoms with E-state index in [-0.39, 0.29) is 11.7 Å². The lowest BCUT2D eigenvalue weighted by atomic mass is 9.92. The normalized spacial score (nSPS) is 20.0. The highest BCUT2D eigenvalue weighted by atomic mass is 19.1. The molecule has 3 rings (SSSR count). The quantitative estimate of drug-likeness (QED) is 0.707. The second kappa shape index (κ2) is 6.47. The second-order valence-corrected chi connectivity index (χ2v) is 6.01. The molecular formula is C19H22FNO. The third kappa shape index (κ3) is 2.72. The molecule has 1 aliphatic heterocycles. The largest absolute Gasteiger partial charge is 0.277 e. The topological polar surface area (TPSA) is 20.3 Å². The average Bonchev–Trinajstić information content (AvgIpc) is 2.82. The lowest BCUT2D eigenvalue weighted by Gasteiger charge is -2.20. The Balaban J connectivity index is 1.98. The molecule has 0 unspecified atom stereocenters. The maximum Gasteiger partial charge on any atom is 0.259 e. The summed E-state index contributed by atoms with van der Waals surface area (Å²) >= 11 is 0. The molecule has 0 fully saturated rings. The number of rotatable bonds is 4. The van der Waals surface area contributed by atoms with E-state index in [2.05, 4.69) is 13.0 Å². The fraction of sp³-hybridized carbons (Fsp3) is 0.421. The highest BCUT2D eigenvalue weighted by Gasteiger charge is 2.36. The minimum absolute atomic E-state index is 0.0871. The van der Waals surface area contributed by atoms with Crippen LogP contribution >= 0.6 is 0 Å². The molecule has 0 saturated heterocycles. The maximum atomic E-state index is 13.2. The number of amides is 1. The van der Waals surface area contributed by atoms with E-state index < -0.39 is 0 Å². The molecule has 1 aromatic rings. The maximum absolute atomic E-state index is 13.2. The van der Waals surface area contributed by atoms with Crippen molar-refractivity contribution in [3.8, 4) is 0 Å². The second-order valence-electron chi connectivity index (χ2n) is 6.01. The number of unbranched alkanes of at least 4 members (excludes halogenated alkanes) is 2. The van der Waals surface area contributed by atoms with E-state index in [1.54, 1.807) is 17.0 Å². The van der Waals surface area contributed by atoms with Crippen molar-refractivity contribution in [3.63, 3.8) is 0 Å². The summed E-state index contributed by atoms with van der Waals surface area (Å²) in [7, 11) is 0. The van der Waals surface area contributed by atoms with Crippen LogP contribution in [0.1, 0.15) is 51.9 Å².